The summed E-state index contributed by atoms with van der Waals surface area (Å²) in [7, 11) is 0. The van der Waals surface area contributed by atoms with Crippen molar-refractivity contribution in [1.82, 2.24) is 10.3 Å². The van der Waals surface area contributed by atoms with Gasteiger partial charge in [-0.1, -0.05) is 42.0 Å². The molecule has 2 aromatic carbocycles. The second-order valence-electron chi connectivity index (χ2n) is 6.40. The van der Waals surface area contributed by atoms with E-state index in [1.807, 2.05) is 55.5 Å². The fraction of sp³-hybridized carbons (Fsp3) is 0.286. The third-order valence-corrected chi connectivity index (χ3v) is 5.06. The molecule has 7 heteroatoms. The van der Waals surface area contributed by atoms with E-state index < -0.39 is 12.1 Å². The highest BCUT2D eigenvalue weighted by Gasteiger charge is 2.17. The number of carbonyl (C=O) groups excluding carboxylic acids is 2. The molecule has 3 aromatic rings. The molecule has 0 aliphatic rings. The van der Waals surface area contributed by atoms with Crippen molar-refractivity contribution in [3.8, 4) is 0 Å². The average Bonchev–Trinajstić information content (AvgIpc) is 3.10. The van der Waals surface area contributed by atoms with Crippen LogP contribution in [0.1, 0.15) is 23.1 Å². The van der Waals surface area contributed by atoms with Gasteiger partial charge in [-0.05, 0) is 31.5 Å². The second-order valence-corrected chi connectivity index (χ2v) is 7.52. The van der Waals surface area contributed by atoms with Crippen molar-refractivity contribution in [3.05, 3.63) is 64.7 Å². The number of esters is 1. The van der Waals surface area contributed by atoms with Gasteiger partial charge in [-0.2, -0.15) is 0 Å². The molecule has 0 radical (unpaired) electrons. The quantitative estimate of drug-likeness (QED) is 0.589. The number of amides is 1. The molecule has 0 bridgehead atoms. The number of nitrogens with zero attached hydrogens (tertiary/aromatic N) is 1. The summed E-state index contributed by atoms with van der Waals surface area (Å²) in [6, 6.07) is 15.6. The van der Waals surface area contributed by atoms with Crippen molar-refractivity contribution < 1.29 is 19.1 Å². The topological polar surface area (TPSA) is 77.5 Å². The van der Waals surface area contributed by atoms with E-state index in [2.05, 4.69) is 10.3 Å². The first-order valence-corrected chi connectivity index (χ1v) is 9.78. The number of para-hydroxylation sites is 1. The molecule has 0 spiro atoms. The van der Waals surface area contributed by atoms with Gasteiger partial charge in [-0.15, -0.1) is 11.3 Å². The minimum absolute atomic E-state index is 0.225. The van der Waals surface area contributed by atoms with Crippen molar-refractivity contribution in [2.24, 2.45) is 0 Å². The number of rotatable bonds is 8. The van der Waals surface area contributed by atoms with E-state index in [0.717, 1.165) is 26.4 Å². The highest BCUT2D eigenvalue weighted by molar-refractivity contribution is 7.18. The second kappa shape index (κ2) is 9.43. The third-order valence-electron chi connectivity index (χ3n) is 4.05. The number of nitrogens with one attached hydrogen (secondary N) is 1. The lowest BCUT2D eigenvalue weighted by Gasteiger charge is -2.13. The van der Waals surface area contributed by atoms with Gasteiger partial charge in [0.05, 0.1) is 16.8 Å². The Morgan fingerprint density at radius 1 is 1.14 bits per heavy atom. The molecule has 1 atom stereocenters. The van der Waals surface area contributed by atoms with Crippen molar-refractivity contribution in [2.75, 3.05) is 6.61 Å². The Morgan fingerprint density at radius 2 is 1.89 bits per heavy atom. The molecule has 1 aromatic heterocycles. The average molecular weight is 398 g/mol. The van der Waals surface area contributed by atoms with Gasteiger partial charge in [-0.3, -0.25) is 4.79 Å². The minimum atomic E-state index is -0.885. The van der Waals surface area contributed by atoms with E-state index in [9.17, 15) is 9.59 Å². The summed E-state index contributed by atoms with van der Waals surface area (Å²) in [5.41, 5.74) is 3.05. The summed E-state index contributed by atoms with van der Waals surface area (Å²) in [5, 5.41) is 3.54. The SMILES string of the molecule is Cc1ccc(CNC(=O)[C@@H](C)OC(=O)COCc2nc3ccccc3s2)cc1. The van der Waals surface area contributed by atoms with Gasteiger partial charge in [-0.25, -0.2) is 9.78 Å². The molecule has 3 rings (SSSR count). The third kappa shape index (κ3) is 5.61. The lowest BCUT2D eigenvalue weighted by atomic mass is 10.1. The van der Waals surface area contributed by atoms with Crippen LogP contribution < -0.4 is 5.32 Å². The van der Waals surface area contributed by atoms with Crippen LogP contribution in [0.2, 0.25) is 0 Å². The molecule has 0 aliphatic heterocycles. The highest BCUT2D eigenvalue weighted by Crippen LogP contribution is 2.21. The smallest absolute Gasteiger partial charge is 0.332 e. The standard InChI is InChI=1S/C21H22N2O4S/c1-14-7-9-16(10-8-14)11-22-21(25)15(2)27-20(24)13-26-12-19-23-17-5-3-4-6-18(17)28-19/h3-10,15H,11-13H2,1-2H3,(H,22,25)/t15-/m1/s1. The Hall–Kier alpha value is -2.77. The first kappa shape index (κ1) is 20.0. The van der Waals surface area contributed by atoms with Crippen LogP contribution in [0.15, 0.2) is 48.5 Å². The lowest BCUT2D eigenvalue weighted by Crippen LogP contribution is -2.36. The predicted molar refractivity (Wildman–Crippen MR) is 108 cm³/mol. The number of thiazole rings is 1. The molecule has 1 heterocycles. The van der Waals surface area contributed by atoms with Crippen molar-refractivity contribution in [2.45, 2.75) is 33.1 Å². The van der Waals surface area contributed by atoms with Gasteiger partial charge in [0, 0.05) is 6.54 Å². The first-order chi connectivity index (χ1) is 13.5. The molecular weight excluding hydrogens is 376 g/mol. The van der Waals surface area contributed by atoms with Crippen molar-refractivity contribution in [3.63, 3.8) is 0 Å². The Kier molecular flexibility index (Phi) is 6.73. The van der Waals surface area contributed by atoms with Gasteiger partial charge >= 0.3 is 5.97 Å². The monoisotopic (exact) mass is 398 g/mol. The molecular formula is C21H22N2O4S. The first-order valence-electron chi connectivity index (χ1n) is 8.96. The van der Waals surface area contributed by atoms with E-state index in [1.165, 1.54) is 18.3 Å². The number of carbonyl (C=O) groups is 2. The number of aryl methyl sites for hydroxylation is 1. The minimum Gasteiger partial charge on any atom is -0.451 e. The Morgan fingerprint density at radius 3 is 2.64 bits per heavy atom. The van der Waals surface area contributed by atoms with Gasteiger partial charge in [0.2, 0.25) is 0 Å². The van der Waals surface area contributed by atoms with Crippen LogP contribution >= 0.6 is 11.3 Å². The van der Waals surface area contributed by atoms with Gasteiger partial charge in [0.1, 0.15) is 11.6 Å². The van der Waals surface area contributed by atoms with Gasteiger partial charge in [0.15, 0.2) is 6.10 Å². The zero-order valence-electron chi connectivity index (χ0n) is 15.8. The zero-order valence-corrected chi connectivity index (χ0v) is 16.6. The summed E-state index contributed by atoms with van der Waals surface area (Å²) >= 11 is 1.52. The Bertz CT molecular complexity index is 919. The van der Waals surface area contributed by atoms with Gasteiger partial charge < -0.3 is 14.8 Å². The van der Waals surface area contributed by atoms with Crippen LogP contribution in [0.25, 0.3) is 10.2 Å². The maximum atomic E-state index is 12.1. The molecule has 146 valence electrons. The van der Waals surface area contributed by atoms with E-state index in [0.29, 0.717) is 6.54 Å². The molecule has 0 aliphatic carbocycles. The lowest BCUT2D eigenvalue weighted by molar-refractivity contribution is -0.159. The van der Waals surface area contributed by atoms with Crippen molar-refractivity contribution in [1.29, 1.82) is 0 Å². The maximum absolute atomic E-state index is 12.1. The molecule has 0 unspecified atom stereocenters. The Labute approximate surface area is 167 Å². The summed E-state index contributed by atoms with van der Waals surface area (Å²) in [6.45, 7) is 3.92. The number of hydrogen-bond acceptors (Lipinski definition) is 6. The molecule has 28 heavy (non-hydrogen) atoms. The van der Waals surface area contributed by atoms with Crippen LogP contribution in [0.3, 0.4) is 0 Å². The summed E-state index contributed by atoms with van der Waals surface area (Å²) in [5.74, 6) is -0.931. The van der Waals surface area contributed by atoms with Crippen LogP contribution in [-0.4, -0.2) is 29.6 Å². The number of fused-ring (bicyclic) bond motifs is 1. The van der Waals surface area contributed by atoms with Crippen LogP contribution in [0, 0.1) is 6.92 Å². The highest BCUT2D eigenvalue weighted by atomic mass is 32.1. The van der Waals surface area contributed by atoms with Crippen molar-refractivity contribution >= 4 is 33.4 Å². The fourth-order valence-electron chi connectivity index (χ4n) is 2.53. The summed E-state index contributed by atoms with van der Waals surface area (Å²) in [4.78, 5) is 28.4. The van der Waals surface area contributed by atoms with Crippen LogP contribution in [0.5, 0.6) is 0 Å². The number of benzene rings is 2. The molecule has 0 saturated carbocycles. The molecule has 1 amide bonds. The van der Waals surface area contributed by atoms with Crippen LogP contribution in [-0.2, 0) is 32.2 Å². The Balaban J connectivity index is 1.38. The zero-order chi connectivity index (χ0) is 19.9. The van der Waals surface area contributed by atoms with Crippen LogP contribution in [0.4, 0.5) is 0 Å². The molecule has 6 nitrogen and oxygen atoms in total. The van der Waals surface area contributed by atoms with E-state index >= 15 is 0 Å². The largest absolute Gasteiger partial charge is 0.451 e. The molecule has 1 N–H and O–H groups in total. The van der Waals surface area contributed by atoms with E-state index in [4.69, 9.17) is 9.47 Å². The normalized spacial score (nSPS) is 11.9. The van der Waals surface area contributed by atoms with E-state index in [1.54, 1.807) is 0 Å². The molecule has 0 fully saturated rings. The number of hydrogen-bond donors (Lipinski definition) is 1. The number of aromatic nitrogens is 1. The maximum Gasteiger partial charge on any atom is 0.332 e. The van der Waals surface area contributed by atoms with Gasteiger partial charge in [0.25, 0.3) is 5.91 Å². The predicted octanol–water partition coefficient (Wildman–Crippen LogP) is 3.37. The summed E-state index contributed by atoms with van der Waals surface area (Å²) in [6.07, 6.45) is -0.885. The number of ether oxygens (including phenoxy) is 2. The van der Waals surface area contributed by atoms with E-state index in [-0.39, 0.29) is 19.1 Å². The summed E-state index contributed by atoms with van der Waals surface area (Å²) < 4.78 is 11.6. The molecule has 0 saturated heterocycles. The fourth-order valence-corrected chi connectivity index (χ4v) is 3.43.